The highest BCUT2D eigenvalue weighted by molar-refractivity contribution is 5.88. The molecule has 0 bridgehead atoms. The zero-order valence-corrected chi connectivity index (χ0v) is 12.5. The van der Waals surface area contributed by atoms with E-state index in [4.69, 9.17) is 4.74 Å². The molecule has 0 aromatic carbocycles. The molecule has 1 N–H and O–H groups in total. The molecule has 1 rings (SSSR count). The molecule has 6 heteroatoms. The van der Waals surface area contributed by atoms with Crippen LogP contribution in [-0.2, 0) is 11.3 Å². The van der Waals surface area contributed by atoms with E-state index >= 15 is 0 Å². The van der Waals surface area contributed by atoms with Crippen molar-refractivity contribution >= 4 is 5.97 Å². The molecule has 0 saturated carbocycles. The third-order valence-electron chi connectivity index (χ3n) is 2.70. The average molecular weight is 269 g/mol. The maximum Gasteiger partial charge on any atom is 0.361 e. The number of hydrogen-bond donors (Lipinski definition) is 1. The number of esters is 1. The van der Waals surface area contributed by atoms with Gasteiger partial charge in [-0.15, -0.1) is 5.10 Å². The van der Waals surface area contributed by atoms with Gasteiger partial charge in [0.2, 0.25) is 0 Å². The van der Waals surface area contributed by atoms with Crippen LogP contribution >= 0.6 is 0 Å². The Bertz CT molecular complexity index is 446. The van der Waals surface area contributed by atoms with Crippen LogP contribution in [0, 0.1) is 12.8 Å². The first kappa shape index (κ1) is 15.6. The van der Waals surface area contributed by atoms with Gasteiger partial charge in [-0.1, -0.05) is 19.1 Å². The number of ether oxygens (including phenoxy) is 1. The Morgan fingerprint density at radius 1 is 1.42 bits per heavy atom. The Hall–Kier alpha value is -1.43. The number of carbonyl (C=O) groups is 1. The zero-order valence-electron chi connectivity index (χ0n) is 12.5. The van der Waals surface area contributed by atoms with Crippen LogP contribution in [0.3, 0.4) is 0 Å². The summed E-state index contributed by atoms with van der Waals surface area (Å²) in [6.07, 6.45) is -0.521. The standard InChI is InChI=1S/C13H23N3O3/c1-8(2)10(17)7-16-9(3)11(14-15-16)12(18)19-13(4,5)6/h8,10,17H,7H2,1-6H3. The van der Waals surface area contributed by atoms with E-state index in [9.17, 15) is 9.90 Å². The maximum atomic E-state index is 11.9. The summed E-state index contributed by atoms with van der Waals surface area (Å²) in [6.45, 7) is 11.3. The fraction of sp³-hybridized carbons (Fsp3) is 0.769. The van der Waals surface area contributed by atoms with E-state index in [1.54, 1.807) is 27.7 Å². The molecule has 1 aromatic heterocycles. The molecule has 0 spiro atoms. The van der Waals surface area contributed by atoms with Crippen molar-refractivity contribution in [3.05, 3.63) is 11.4 Å². The summed E-state index contributed by atoms with van der Waals surface area (Å²) in [6, 6.07) is 0. The van der Waals surface area contributed by atoms with E-state index in [0.29, 0.717) is 12.2 Å². The van der Waals surface area contributed by atoms with Gasteiger partial charge in [0.05, 0.1) is 18.3 Å². The van der Waals surface area contributed by atoms with Crippen LogP contribution in [0.15, 0.2) is 0 Å². The van der Waals surface area contributed by atoms with Gasteiger partial charge < -0.3 is 9.84 Å². The van der Waals surface area contributed by atoms with Crippen LogP contribution in [0.2, 0.25) is 0 Å². The van der Waals surface area contributed by atoms with Crippen molar-refractivity contribution in [1.82, 2.24) is 15.0 Å². The molecule has 1 atom stereocenters. The minimum atomic E-state index is -0.565. The van der Waals surface area contributed by atoms with E-state index < -0.39 is 17.7 Å². The van der Waals surface area contributed by atoms with Crippen LogP contribution in [0.5, 0.6) is 0 Å². The number of hydrogen-bond acceptors (Lipinski definition) is 5. The van der Waals surface area contributed by atoms with Crippen molar-refractivity contribution in [2.45, 2.75) is 59.8 Å². The summed E-state index contributed by atoms with van der Waals surface area (Å²) in [7, 11) is 0. The summed E-state index contributed by atoms with van der Waals surface area (Å²) < 4.78 is 6.78. The summed E-state index contributed by atoms with van der Waals surface area (Å²) in [5.41, 5.74) is 0.241. The second kappa shape index (κ2) is 5.69. The molecule has 1 unspecified atom stereocenters. The average Bonchev–Trinajstić information content (AvgIpc) is 2.58. The van der Waals surface area contributed by atoms with Gasteiger partial charge in [-0.3, -0.25) is 0 Å². The predicted molar refractivity (Wildman–Crippen MR) is 70.8 cm³/mol. The van der Waals surface area contributed by atoms with Crippen molar-refractivity contribution in [3.8, 4) is 0 Å². The fourth-order valence-electron chi connectivity index (χ4n) is 1.44. The number of rotatable bonds is 4. The highest BCUT2D eigenvalue weighted by Gasteiger charge is 2.24. The largest absolute Gasteiger partial charge is 0.455 e. The van der Waals surface area contributed by atoms with Gasteiger partial charge in [0.1, 0.15) is 5.60 Å². The Morgan fingerprint density at radius 3 is 2.47 bits per heavy atom. The summed E-state index contributed by atoms with van der Waals surface area (Å²) >= 11 is 0. The van der Waals surface area contributed by atoms with Crippen molar-refractivity contribution in [3.63, 3.8) is 0 Å². The van der Waals surface area contributed by atoms with Gasteiger partial charge in [-0.05, 0) is 33.6 Å². The first-order valence-electron chi connectivity index (χ1n) is 6.43. The van der Waals surface area contributed by atoms with Gasteiger partial charge in [0.25, 0.3) is 0 Å². The van der Waals surface area contributed by atoms with E-state index in [1.807, 2.05) is 13.8 Å². The molecular weight excluding hydrogens is 246 g/mol. The van der Waals surface area contributed by atoms with Crippen molar-refractivity contribution in [2.24, 2.45) is 5.92 Å². The molecule has 108 valence electrons. The highest BCUT2D eigenvalue weighted by atomic mass is 16.6. The molecule has 0 amide bonds. The van der Waals surface area contributed by atoms with Gasteiger partial charge >= 0.3 is 5.97 Å². The molecule has 0 saturated heterocycles. The molecule has 0 aliphatic heterocycles. The van der Waals surface area contributed by atoms with Crippen molar-refractivity contribution < 1.29 is 14.6 Å². The third kappa shape index (κ3) is 4.31. The lowest BCUT2D eigenvalue weighted by atomic mass is 10.1. The minimum Gasteiger partial charge on any atom is -0.455 e. The Balaban J connectivity index is 2.84. The van der Waals surface area contributed by atoms with Crippen LogP contribution < -0.4 is 0 Å². The van der Waals surface area contributed by atoms with E-state index in [2.05, 4.69) is 10.3 Å². The quantitative estimate of drug-likeness (QED) is 0.839. The predicted octanol–water partition coefficient (Wildman–Crippen LogP) is 1.56. The van der Waals surface area contributed by atoms with Crippen molar-refractivity contribution in [2.75, 3.05) is 0 Å². The normalized spacial score (nSPS) is 13.7. The topological polar surface area (TPSA) is 77.2 Å². The number of aromatic nitrogens is 3. The molecule has 0 fully saturated rings. The van der Waals surface area contributed by atoms with Gasteiger partial charge in [-0.2, -0.15) is 0 Å². The Kier molecular flexibility index (Phi) is 4.68. The van der Waals surface area contributed by atoms with Gasteiger partial charge in [-0.25, -0.2) is 9.48 Å². The fourth-order valence-corrected chi connectivity index (χ4v) is 1.44. The second-order valence-corrected chi connectivity index (χ2v) is 6.02. The molecule has 6 nitrogen and oxygen atoms in total. The molecule has 1 aromatic rings. The third-order valence-corrected chi connectivity index (χ3v) is 2.70. The van der Waals surface area contributed by atoms with E-state index in [1.165, 1.54) is 4.68 Å². The molecule has 19 heavy (non-hydrogen) atoms. The monoisotopic (exact) mass is 269 g/mol. The highest BCUT2D eigenvalue weighted by Crippen LogP contribution is 2.14. The smallest absolute Gasteiger partial charge is 0.361 e. The van der Waals surface area contributed by atoms with Crippen LogP contribution in [-0.4, -0.2) is 37.8 Å². The Morgan fingerprint density at radius 2 is 2.00 bits per heavy atom. The molecule has 0 aliphatic rings. The van der Waals surface area contributed by atoms with Gasteiger partial charge in [0, 0.05) is 0 Å². The van der Waals surface area contributed by atoms with Gasteiger partial charge in [0.15, 0.2) is 5.69 Å². The van der Waals surface area contributed by atoms with Crippen LogP contribution in [0.25, 0.3) is 0 Å². The summed E-state index contributed by atoms with van der Waals surface area (Å²) in [5.74, 6) is -0.371. The van der Waals surface area contributed by atoms with Crippen LogP contribution in [0.1, 0.15) is 50.8 Å². The zero-order chi connectivity index (χ0) is 14.8. The number of nitrogens with zero attached hydrogens (tertiary/aromatic N) is 3. The number of aliphatic hydroxyl groups is 1. The SMILES string of the molecule is Cc1c(C(=O)OC(C)(C)C)nnn1CC(O)C(C)C. The number of aliphatic hydroxyl groups excluding tert-OH is 1. The molecule has 1 heterocycles. The second-order valence-electron chi connectivity index (χ2n) is 6.02. The van der Waals surface area contributed by atoms with E-state index in [0.717, 1.165) is 0 Å². The number of carbonyl (C=O) groups excluding carboxylic acids is 1. The molecule has 0 aliphatic carbocycles. The van der Waals surface area contributed by atoms with Crippen LogP contribution in [0.4, 0.5) is 0 Å². The van der Waals surface area contributed by atoms with E-state index in [-0.39, 0.29) is 11.6 Å². The first-order chi connectivity index (χ1) is 8.61. The Labute approximate surface area is 113 Å². The first-order valence-corrected chi connectivity index (χ1v) is 6.43. The lowest BCUT2D eigenvalue weighted by molar-refractivity contribution is 0.00616. The summed E-state index contributed by atoms with van der Waals surface area (Å²) in [5, 5.41) is 17.6. The lowest BCUT2D eigenvalue weighted by Gasteiger charge is -2.18. The van der Waals surface area contributed by atoms with Crippen molar-refractivity contribution in [1.29, 1.82) is 0 Å². The lowest BCUT2D eigenvalue weighted by Crippen LogP contribution is -2.25. The maximum absolute atomic E-state index is 11.9. The molecule has 0 radical (unpaired) electrons. The summed E-state index contributed by atoms with van der Waals surface area (Å²) in [4.78, 5) is 11.9. The minimum absolute atomic E-state index is 0.119. The molecular formula is C13H23N3O3.